The van der Waals surface area contributed by atoms with Gasteiger partial charge in [0.1, 0.15) is 0 Å². The quantitative estimate of drug-likeness (QED) is 0.353. The van der Waals surface area contributed by atoms with Gasteiger partial charge in [0.15, 0.2) is 14.9 Å². The van der Waals surface area contributed by atoms with E-state index in [0.29, 0.717) is 27.9 Å². The van der Waals surface area contributed by atoms with E-state index in [9.17, 15) is 8.42 Å². The van der Waals surface area contributed by atoms with Gasteiger partial charge in [-0.15, -0.1) is 0 Å². The van der Waals surface area contributed by atoms with E-state index in [1.54, 1.807) is 23.4 Å². The molecule has 7 nitrogen and oxygen atoms in total. The monoisotopic (exact) mass is 491 g/mol. The number of hydrogen-bond acceptors (Lipinski definition) is 5. The van der Waals surface area contributed by atoms with E-state index < -0.39 is 9.84 Å². The van der Waals surface area contributed by atoms with E-state index in [2.05, 4.69) is 15.1 Å². The zero-order chi connectivity index (χ0) is 24.0. The fraction of sp³-hybridized carbons (Fsp3) is 0.160. The van der Waals surface area contributed by atoms with Crippen molar-refractivity contribution in [3.05, 3.63) is 89.1 Å². The van der Waals surface area contributed by atoms with Crippen LogP contribution in [0.1, 0.15) is 16.7 Å². The Morgan fingerprint density at radius 1 is 1.12 bits per heavy atom. The molecule has 0 saturated carbocycles. The second-order valence-corrected chi connectivity index (χ2v) is 10.7. The number of rotatable bonds is 5. The summed E-state index contributed by atoms with van der Waals surface area (Å²) in [5, 5.41) is 5.36. The van der Waals surface area contributed by atoms with Crippen LogP contribution in [0.5, 0.6) is 0 Å². The molecule has 34 heavy (non-hydrogen) atoms. The first-order chi connectivity index (χ1) is 16.2. The highest BCUT2D eigenvalue weighted by molar-refractivity contribution is 7.90. The first-order valence-corrected chi connectivity index (χ1v) is 12.9. The summed E-state index contributed by atoms with van der Waals surface area (Å²) in [6.07, 6.45) is 8.60. The summed E-state index contributed by atoms with van der Waals surface area (Å²) in [6.45, 7) is 1.91. The van der Waals surface area contributed by atoms with E-state index in [1.165, 1.54) is 6.26 Å². The number of hydrogen-bond donors (Lipinski definition) is 0. The van der Waals surface area contributed by atoms with Crippen molar-refractivity contribution in [2.45, 2.75) is 18.4 Å². The number of fused-ring (bicyclic) bond motifs is 1. The second-order valence-electron chi connectivity index (χ2n) is 8.35. The number of imidazole rings is 1. The number of sulfone groups is 1. The van der Waals surface area contributed by atoms with Crippen LogP contribution in [0, 0.1) is 6.92 Å². The number of benzene rings is 2. The van der Waals surface area contributed by atoms with Crippen LogP contribution in [0.3, 0.4) is 0 Å². The van der Waals surface area contributed by atoms with Gasteiger partial charge in [0, 0.05) is 48.6 Å². The Morgan fingerprint density at radius 2 is 1.88 bits per heavy atom. The molecule has 3 aromatic heterocycles. The molecule has 0 bridgehead atoms. The van der Waals surface area contributed by atoms with Gasteiger partial charge in [-0.25, -0.2) is 23.1 Å². The number of halogens is 1. The zero-order valence-electron chi connectivity index (χ0n) is 18.9. The summed E-state index contributed by atoms with van der Waals surface area (Å²) in [6, 6.07) is 13.6. The molecule has 0 saturated heterocycles. The van der Waals surface area contributed by atoms with Gasteiger partial charge >= 0.3 is 0 Å². The van der Waals surface area contributed by atoms with E-state index in [1.807, 2.05) is 67.2 Å². The van der Waals surface area contributed by atoms with Crippen LogP contribution < -0.4 is 0 Å². The van der Waals surface area contributed by atoms with Crippen LogP contribution in [0.15, 0.2) is 72.4 Å². The molecular weight excluding hydrogens is 470 g/mol. The Labute approximate surface area is 202 Å². The predicted molar refractivity (Wildman–Crippen MR) is 133 cm³/mol. The van der Waals surface area contributed by atoms with Crippen molar-refractivity contribution in [3.63, 3.8) is 0 Å². The number of aromatic nitrogens is 5. The minimum Gasteiger partial charge on any atom is -0.334 e. The Balaban J connectivity index is 1.66. The largest absolute Gasteiger partial charge is 0.334 e. The summed E-state index contributed by atoms with van der Waals surface area (Å²) in [5.74, 6) is 0. The molecule has 9 heteroatoms. The highest BCUT2D eigenvalue weighted by atomic mass is 35.5. The SMILES string of the molecule is Cc1cc(-c2cncn2C)cc2c(Cl)c(Cc3ccc(-n4cccn4)cc3)c(S(C)(=O)=O)nc12. The molecular formula is C25H22ClN5O2S. The maximum absolute atomic E-state index is 12.7. The number of aryl methyl sites for hydroxylation is 2. The molecule has 0 radical (unpaired) electrons. The molecule has 5 aromatic rings. The average molecular weight is 492 g/mol. The van der Waals surface area contributed by atoms with Gasteiger partial charge in [-0.05, 0) is 48.4 Å². The van der Waals surface area contributed by atoms with Crippen molar-refractivity contribution in [3.8, 4) is 16.9 Å². The minimum absolute atomic E-state index is 0.0116. The molecule has 0 N–H and O–H groups in total. The summed E-state index contributed by atoms with van der Waals surface area (Å²) in [4.78, 5) is 8.80. The molecule has 0 amide bonds. The van der Waals surface area contributed by atoms with Gasteiger partial charge < -0.3 is 4.57 Å². The summed E-state index contributed by atoms with van der Waals surface area (Å²) in [7, 11) is -1.69. The lowest BCUT2D eigenvalue weighted by molar-refractivity contribution is 0.597. The van der Waals surface area contributed by atoms with Crippen molar-refractivity contribution < 1.29 is 8.42 Å². The van der Waals surface area contributed by atoms with E-state index in [4.69, 9.17) is 11.6 Å². The lowest BCUT2D eigenvalue weighted by Gasteiger charge is -2.15. The molecule has 0 fully saturated rings. The fourth-order valence-corrected chi connectivity index (χ4v) is 5.39. The fourth-order valence-electron chi connectivity index (χ4n) is 4.16. The highest BCUT2D eigenvalue weighted by Crippen LogP contribution is 2.36. The van der Waals surface area contributed by atoms with Gasteiger partial charge in [0.2, 0.25) is 0 Å². The van der Waals surface area contributed by atoms with E-state index >= 15 is 0 Å². The predicted octanol–water partition coefficient (Wildman–Crippen LogP) is 4.78. The smallest absolute Gasteiger partial charge is 0.193 e. The lowest BCUT2D eigenvalue weighted by Crippen LogP contribution is -2.08. The Hall–Kier alpha value is -3.49. The maximum atomic E-state index is 12.7. The van der Waals surface area contributed by atoms with Crippen LogP contribution in [0.2, 0.25) is 5.02 Å². The molecule has 3 heterocycles. The second kappa shape index (κ2) is 8.38. The van der Waals surface area contributed by atoms with Crippen molar-refractivity contribution >= 4 is 32.3 Å². The van der Waals surface area contributed by atoms with Gasteiger partial charge in [-0.1, -0.05) is 23.7 Å². The minimum atomic E-state index is -3.61. The molecule has 2 aromatic carbocycles. The van der Waals surface area contributed by atoms with Crippen LogP contribution in [-0.4, -0.2) is 39.0 Å². The lowest BCUT2D eigenvalue weighted by atomic mass is 10.00. The van der Waals surface area contributed by atoms with Crippen molar-refractivity contribution in [2.24, 2.45) is 7.05 Å². The van der Waals surface area contributed by atoms with Crippen molar-refractivity contribution in [2.75, 3.05) is 6.26 Å². The molecule has 0 aliphatic heterocycles. The Morgan fingerprint density at radius 3 is 2.50 bits per heavy atom. The highest BCUT2D eigenvalue weighted by Gasteiger charge is 2.23. The molecule has 0 atom stereocenters. The maximum Gasteiger partial charge on any atom is 0.193 e. The molecule has 5 rings (SSSR count). The zero-order valence-corrected chi connectivity index (χ0v) is 20.5. The Kier molecular flexibility index (Phi) is 5.50. The normalized spacial score (nSPS) is 11.9. The first-order valence-electron chi connectivity index (χ1n) is 10.6. The van der Waals surface area contributed by atoms with Crippen LogP contribution in [-0.2, 0) is 23.3 Å². The van der Waals surface area contributed by atoms with E-state index in [0.717, 1.165) is 28.1 Å². The summed E-state index contributed by atoms with van der Waals surface area (Å²) < 4.78 is 29.1. The molecule has 0 aliphatic rings. The van der Waals surface area contributed by atoms with Gasteiger partial charge in [-0.3, -0.25) is 0 Å². The topological polar surface area (TPSA) is 82.7 Å². The molecule has 0 aliphatic carbocycles. The number of pyridine rings is 1. The molecule has 0 unspecified atom stereocenters. The third-order valence-electron chi connectivity index (χ3n) is 5.82. The van der Waals surface area contributed by atoms with Gasteiger partial charge in [-0.2, -0.15) is 5.10 Å². The van der Waals surface area contributed by atoms with Gasteiger partial charge in [0.25, 0.3) is 0 Å². The Bertz CT molecular complexity index is 1620. The average Bonchev–Trinajstić information content (AvgIpc) is 3.47. The third-order valence-corrected chi connectivity index (χ3v) is 7.30. The summed E-state index contributed by atoms with van der Waals surface area (Å²) >= 11 is 6.92. The van der Waals surface area contributed by atoms with Crippen LogP contribution >= 0.6 is 11.6 Å². The van der Waals surface area contributed by atoms with E-state index in [-0.39, 0.29) is 5.03 Å². The van der Waals surface area contributed by atoms with Crippen LogP contribution in [0.4, 0.5) is 0 Å². The molecule has 0 spiro atoms. The summed E-state index contributed by atoms with van der Waals surface area (Å²) in [5.41, 5.74) is 5.62. The first kappa shape index (κ1) is 22.3. The van der Waals surface area contributed by atoms with Gasteiger partial charge in [0.05, 0.1) is 34.4 Å². The number of nitrogens with zero attached hydrogens (tertiary/aromatic N) is 5. The standard InChI is InChI=1S/C25H22ClN5O2S/c1-16-11-18(22-14-27-15-30(22)2)13-20-23(26)21(25(29-24(16)20)34(3,32)33)12-17-5-7-19(8-6-17)31-10-4-9-28-31/h4-11,13-15H,12H2,1-3H3. The van der Waals surface area contributed by atoms with Crippen LogP contribution in [0.25, 0.3) is 27.8 Å². The van der Waals surface area contributed by atoms with Crippen molar-refractivity contribution in [1.29, 1.82) is 0 Å². The molecule has 172 valence electrons. The third kappa shape index (κ3) is 3.99. The van der Waals surface area contributed by atoms with Crippen molar-refractivity contribution in [1.82, 2.24) is 24.3 Å².